The molecule has 1 heterocycles. The molecule has 20 heavy (non-hydrogen) atoms. The van der Waals surface area contributed by atoms with Crippen LogP contribution in [0.2, 0.25) is 0 Å². The van der Waals surface area contributed by atoms with Crippen molar-refractivity contribution in [2.24, 2.45) is 5.41 Å². The normalized spacial score (nSPS) is 19.1. The molecule has 1 unspecified atom stereocenters. The van der Waals surface area contributed by atoms with Gasteiger partial charge in [0.05, 0.1) is 0 Å². The average Bonchev–Trinajstić information content (AvgIpc) is 2.82. The molecule has 0 aromatic heterocycles. The molecule has 0 aromatic carbocycles. The Hall–Kier alpha value is -1.39. The predicted molar refractivity (Wildman–Crippen MR) is 75.3 cm³/mol. The van der Waals surface area contributed by atoms with E-state index in [1.54, 1.807) is 18.7 Å². The maximum Gasteiger partial charge on any atom is 0.303 e. The number of hydrogen-bond donors (Lipinski definition) is 1. The zero-order valence-corrected chi connectivity index (χ0v) is 12.6. The summed E-state index contributed by atoms with van der Waals surface area (Å²) in [5, 5.41) is 8.74. The van der Waals surface area contributed by atoms with E-state index in [4.69, 9.17) is 5.11 Å². The fourth-order valence-corrected chi connectivity index (χ4v) is 2.85. The highest BCUT2D eigenvalue weighted by atomic mass is 16.4. The maximum absolute atomic E-state index is 12.4. The summed E-state index contributed by atoms with van der Waals surface area (Å²) in [6.07, 6.45) is 3.65. The molecule has 1 N–H and O–H groups in total. The topological polar surface area (TPSA) is 74.7 Å². The predicted octanol–water partition coefficient (Wildman–Crippen LogP) is 2.24. The summed E-state index contributed by atoms with van der Waals surface area (Å²) in [6, 6.07) is -0.0972. The minimum atomic E-state index is -0.859. The van der Waals surface area contributed by atoms with Crippen molar-refractivity contribution in [3.8, 4) is 0 Å². The van der Waals surface area contributed by atoms with E-state index in [0.717, 1.165) is 19.3 Å². The Kier molecular flexibility index (Phi) is 5.72. The van der Waals surface area contributed by atoms with Crippen LogP contribution >= 0.6 is 0 Å². The van der Waals surface area contributed by atoms with Gasteiger partial charge in [-0.3, -0.25) is 14.4 Å². The van der Waals surface area contributed by atoms with Crippen LogP contribution in [0.5, 0.6) is 0 Å². The van der Waals surface area contributed by atoms with Gasteiger partial charge in [0, 0.05) is 24.4 Å². The van der Waals surface area contributed by atoms with E-state index >= 15 is 0 Å². The first-order chi connectivity index (χ1) is 9.29. The lowest BCUT2D eigenvalue weighted by Crippen LogP contribution is -2.45. The van der Waals surface area contributed by atoms with Crippen molar-refractivity contribution in [1.29, 1.82) is 0 Å². The van der Waals surface area contributed by atoms with Crippen molar-refractivity contribution in [1.82, 2.24) is 4.90 Å². The summed E-state index contributed by atoms with van der Waals surface area (Å²) in [6.45, 7) is 6.17. The van der Waals surface area contributed by atoms with Crippen LogP contribution in [0.1, 0.15) is 59.3 Å². The second-order valence-corrected chi connectivity index (χ2v) is 6.19. The Balaban J connectivity index is 2.69. The highest BCUT2D eigenvalue weighted by Gasteiger charge is 2.38. The number of ketones is 1. The first kappa shape index (κ1) is 16.7. The zero-order chi connectivity index (χ0) is 15.3. The molecule has 0 saturated carbocycles. The molecule has 1 aliphatic heterocycles. The monoisotopic (exact) mass is 283 g/mol. The van der Waals surface area contributed by atoms with Crippen LogP contribution in [-0.4, -0.2) is 40.3 Å². The van der Waals surface area contributed by atoms with Crippen molar-refractivity contribution in [2.75, 3.05) is 6.54 Å². The van der Waals surface area contributed by atoms with Crippen molar-refractivity contribution in [3.63, 3.8) is 0 Å². The Morgan fingerprint density at radius 3 is 2.50 bits per heavy atom. The fourth-order valence-electron chi connectivity index (χ4n) is 2.85. The third-order valence-corrected chi connectivity index (χ3v) is 4.01. The van der Waals surface area contributed by atoms with Gasteiger partial charge in [0.25, 0.3) is 5.91 Å². The van der Waals surface area contributed by atoms with Crippen molar-refractivity contribution >= 4 is 17.7 Å². The van der Waals surface area contributed by atoms with Crippen LogP contribution < -0.4 is 0 Å². The molecular formula is C15H25NO4. The Morgan fingerprint density at radius 1 is 1.30 bits per heavy atom. The summed E-state index contributed by atoms with van der Waals surface area (Å²) < 4.78 is 0. The van der Waals surface area contributed by atoms with E-state index in [2.05, 4.69) is 0 Å². The number of amides is 1. The summed E-state index contributed by atoms with van der Waals surface area (Å²) in [5.41, 5.74) is -0.633. The van der Waals surface area contributed by atoms with Gasteiger partial charge in [-0.15, -0.1) is 0 Å². The van der Waals surface area contributed by atoms with Gasteiger partial charge in [0.1, 0.15) is 0 Å². The molecule has 1 fully saturated rings. The van der Waals surface area contributed by atoms with Crippen LogP contribution in [0.15, 0.2) is 0 Å². The van der Waals surface area contributed by atoms with Gasteiger partial charge in [-0.25, -0.2) is 0 Å². The highest BCUT2D eigenvalue weighted by molar-refractivity contribution is 6.38. The molecule has 5 nitrogen and oxygen atoms in total. The first-order valence-corrected chi connectivity index (χ1v) is 7.36. The molecule has 5 heteroatoms. The minimum Gasteiger partial charge on any atom is -0.481 e. The van der Waals surface area contributed by atoms with E-state index in [1.165, 1.54) is 0 Å². The van der Waals surface area contributed by atoms with Gasteiger partial charge in [-0.05, 0) is 25.7 Å². The quantitative estimate of drug-likeness (QED) is 0.727. The summed E-state index contributed by atoms with van der Waals surface area (Å²) in [7, 11) is 0. The number of carboxylic acid groups (broad SMARTS) is 1. The fraction of sp³-hybridized carbons (Fsp3) is 0.800. The van der Waals surface area contributed by atoms with Crippen molar-refractivity contribution in [2.45, 2.75) is 65.3 Å². The molecule has 114 valence electrons. The smallest absolute Gasteiger partial charge is 0.303 e. The summed E-state index contributed by atoms with van der Waals surface area (Å²) in [4.78, 5) is 36.9. The Bertz CT molecular complexity index is 389. The van der Waals surface area contributed by atoms with Crippen LogP contribution in [0.3, 0.4) is 0 Å². The number of rotatable bonds is 7. The summed E-state index contributed by atoms with van der Waals surface area (Å²) in [5.74, 6) is -1.64. The highest BCUT2D eigenvalue weighted by Crippen LogP contribution is 2.28. The SMILES string of the molecule is CCCC(C)(C)C(=O)C(=O)N1CCCC1CCC(=O)O. The minimum absolute atomic E-state index is 0.0426. The number of likely N-dealkylation sites (tertiary alicyclic amines) is 1. The number of carbonyl (C=O) groups is 3. The molecule has 1 atom stereocenters. The van der Waals surface area contributed by atoms with Crippen LogP contribution in [-0.2, 0) is 14.4 Å². The Morgan fingerprint density at radius 2 is 1.95 bits per heavy atom. The van der Waals surface area contributed by atoms with Crippen LogP contribution in [0.25, 0.3) is 0 Å². The number of aliphatic carboxylic acids is 1. The summed E-state index contributed by atoms with van der Waals surface area (Å²) >= 11 is 0. The molecule has 0 radical (unpaired) electrons. The molecule has 0 bridgehead atoms. The van der Waals surface area contributed by atoms with E-state index in [1.807, 2.05) is 6.92 Å². The van der Waals surface area contributed by atoms with Gasteiger partial charge in [0.2, 0.25) is 5.78 Å². The van der Waals surface area contributed by atoms with Gasteiger partial charge in [0.15, 0.2) is 0 Å². The number of hydrogen-bond acceptors (Lipinski definition) is 3. The lowest BCUT2D eigenvalue weighted by molar-refractivity contribution is -0.150. The molecule has 0 aliphatic carbocycles. The van der Waals surface area contributed by atoms with Gasteiger partial charge in [-0.2, -0.15) is 0 Å². The molecule has 1 amide bonds. The van der Waals surface area contributed by atoms with E-state index < -0.39 is 17.3 Å². The van der Waals surface area contributed by atoms with E-state index in [0.29, 0.717) is 19.4 Å². The maximum atomic E-state index is 12.4. The lowest BCUT2D eigenvalue weighted by Gasteiger charge is -2.28. The zero-order valence-electron chi connectivity index (χ0n) is 12.6. The number of nitrogens with zero attached hydrogens (tertiary/aromatic N) is 1. The van der Waals surface area contributed by atoms with Crippen molar-refractivity contribution < 1.29 is 19.5 Å². The van der Waals surface area contributed by atoms with Crippen molar-refractivity contribution in [3.05, 3.63) is 0 Å². The molecule has 1 saturated heterocycles. The third-order valence-electron chi connectivity index (χ3n) is 4.01. The molecule has 0 aromatic rings. The van der Waals surface area contributed by atoms with Crippen LogP contribution in [0, 0.1) is 5.41 Å². The third kappa shape index (κ3) is 4.05. The number of carboxylic acids is 1. The molecular weight excluding hydrogens is 258 g/mol. The first-order valence-electron chi connectivity index (χ1n) is 7.36. The second-order valence-electron chi connectivity index (χ2n) is 6.19. The van der Waals surface area contributed by atoms with E-state index in [-0.39, 0.29) is 18.2 Å². The number of carbonyl (C=O) groups excluding carboxylic acids is 2. The van der Waals surface area contributed by atoms with E-state index in [9.17, 15) is 14.4 Å². The van der Waals surface area contributed by atoms with Crippen LogP contribution in [0.4, 0.5) is 0 Å². The largest absolute Gasteiger partial charge is 0.481 e. The van der Waals surface area contributed by atoms with Gasteiger partial charge >= 0.3 is 5.97 Å². The molecule has 1 aliphatic rings. The average molecular weight is 283 g/mol. The molecule has 0 spiro atoms. The standard InChI is InChI=1S/C15H25NO4/c1-4-9-15(2,3)13(19)14(20)16-10-5-6-11(16)7-8-12(17)18/h11H,4-10H2,1-3H3,(H,17,18). The Labute approximate surface area is 120 Å². The van der Waals surface area contributed by atoms with Gasteiger partial charge < -0.3 is 10.0 Å². The molecule has 1 rings (SSSR count). The second kappa shape index (κ2) is 6.86. The number of Topliss-reactive ketones (excluding diaryl/α,β-unsaturated/α-hetero) is 1. The van der Waals surface area contributed by atoms with Gasteiger partial charge in [-0.1, -0.05) is 27.2 Å². The lowest BCUT2D eigenvalue weighted by atomic mass is 9.83.